The maximum absolute atomic E-state index is 11.6. The molecule has 2 aromatic rings. The molecule has 1 unspecified atom stereocenters. The molecule has 1 fully saturated rings. The molecule has 5 heteroatoms. The van der Waals surface area contributed by atoms with Gasteiger partial charge in [-0.25, -0.2) is 0 Å². The molecule has 0 saturated carbocycles. The van der Waals surface area contributed by atoms with Crippen LogP contribution >= 0.6 is 0 Å². The summed E-state index contributed by atoms with van der Waals surface area (Å²) in [5.74, 6) is -0.380. The van der Waals surface area contributed by atoms with Gasteiger partial charge in [-0.1, -0.05) is 19.9 Å². The summed E-state index contributed by atoms with van der Waals surface area (Å²) >= 11 is 0. The number of fused-ring (bicyclic) bond motifs is 1. The second-order valence-electron chi connectivity index (χ2n) is 8.55. The highest BCUT2D eigenvalue weighted by molar-refractivity contribution is 5.93. The number of nitrogens with two attached hydrogens (primary N) is 1. The number of benzene rings is 2. The molecule has 0 bridgehead atoms. The third-order valence-corrected chi connectivity index (χ3v) is 6.09. The van der Waals surface area contributed by atoms with Crippen LogP contribution in [0.4, 0.5) is 11.4 Å². The van der Waals surface area contributed by atoms with E-state index in [1.54, 1.807) is 0 Å². The number of anilines is 2. The zero-order chi connectivity index (χ0) is 19.9. The Morgan fingerprint density at radius 3 is 2.64 bits per heavy atom. The summed E-state index contributed by atoms with van der Waals surface area (Å²) in [6, 6.07) is 12.7. The number of primary amides is 1. The van der Waals surface area contributed by atoms with Crippen LogP contribution in [0, 0.1) is 6.92 Å². The molecule has 0 aromatic heterocycles. The van der Waals surface area contributed by atoms with Crippen LogP contribution in [0.3, 0.4) is 0 Å². The third-order valence-electron chi connectivity index (χ3n) is 6.09. The van der Waals surface area contributed by atoms with Crippen molar-refractivity contribution in [3.8, 4) is 0 Å². The Morgan fingerprint density at radius 1 is 1.18 bits per heavy atom. The molecule has 1 amide bonds. The number of morpholine rings is 1. The van der Waals surface area contributed by atoms with Gasteiger partial charge >= 0.3 is 0 Å². The van der Waals surface area contributed by atoms with Crippen LogP contribution in [0.5, 0.6) is 0 Å². The predicted octanol–water partition coefficient (Wildman–Crippen LogP) is 3.77. The molecule has 1 atom stereocenters. The molecule has 0 aliphatic carbocycles. The summed E-state index contributed by atoms with van der Waals surface area (Å²) in [5.41, 5.74) is 12.1. The smallest absolute Gasteiger partial charge is 0.248 e. The van der Waals surface area contributed by atoms with Crippen LogP contribution in [0.1, 0.15) is 53.4 Å². The lowest BCUT2D eigenvalue weighted by molar-refractivity contribution is 0.1000. The lowest BCUT2D eigenvalue weighted by Crippen LogP contribution is -2.36. The monoisotopic (exact) mass is 379 g/mol. The van der Waals surface area contributed by atoms with E-state index >= 15 is 0 Å². The lowest BCUT2D eigenvalue weighted by Gasteiger charge is -2.40. The van der Waals surface area contributed by atoms with E-state index in [9.17, 15) is 4.79 Å². The minimum absolute atomic E-state index is 0.0574. The van der Waals surface area contributed by atoms with Crippen LogP contribution < -0.4 is 16.0 Å². The molecule has 2 aliphatic rings. The Morgan fingerprint density at radius 2 is 1.93 bits per heavy atom. The van der Waals surface area contributed by atoms with Crippen molar-refractivity contribution < 1.29 is 9.53 Å². The summed E-state index contributed by atoms with van der Waals surface area (Å²) in [6.07, 6.45) is 0.954. The molecule has 2 heterocycles. The van der Waals surface area contributed by atoms with E-state index in [4.69, 9.17) is 10.5 Å². The second-order valence-corrected chi connectivity index (χ2v) is 8.55. The first kappa shape index (κ1) is 18.8. The molecule has 148 valence electrons. The van der Waals surface area contributed by atoms with Gasteiger partial charge in [0.05, 0.1) is 19.3 Å². The summed E-state index contributed by atoms with van der Waals surface area (Å²) in [6.45, 7) is 10.1. The SMILES string of the molecule is Cc1ccc(N2CCOCC2)cc1C1CC(C)(C)c2cc(C(N)=O)ccc2N1. The van der Waals surface area contributed by atoms with Crippen LogP contribution in [-0.2, 0) is 10.2 Å². The van der Waals surface area contributed by atoms with Gasteiger partial charge in [0.15, 0.2) is 0 Å². The molecule has 5 nitrogen and oxygen atoms in total. The van der Waals surface area contributed by atoms with E-state index in [-0.39, 0.29) is 17.4 Å². The van der Waals surface area contributed by atoms with Crippen LogP contribution in [0.25, 0.3) is 0 Å². The largest absolute Gasteiger partial charge is 0.378 e. The molecular formula is C23H29N3O2. The van der Waals surface area contributed by atoms with Gasteiger partial charge in [-0.2, -0.15) is 0 Å². The fourth-order valence-corrected chi connectivity index (χ4v) is 4.45. The van der Waals surface area contributed by atoms with Crippen molar-refractivity contribution >= 4 is 17.3 Å². The Hall–Kier alpha value is -2.53. The van der Waals surface area contributed by atoms with E-state index < -0.39 is 0 Å². The third kappa shape index (κ3) is 3.47. The van der Waals surface area contributed by atoms with Gasteiger partial charge in [-0.05, 0) is 65.8 Å². The summed E-state index contributed by atoms with van der Waals surface area (Å²) in [4.78, 5) is 14.0. The van der Waals surface area contributed by atoms with Gasteiger partial charge < -0.3 is 20.7 Å². The number of hydrogen-bond acceptors (Lipinski definition) is 4. The maximum Gasteiger partial charge on any atom is 0.248 e. The topological polar surface area (TPSA) is 67.6 Å². The fraction of sp³-hybridized carbons (Fsp3) is 0.435. The number of hydrogen-bond donors (Lipinski definition) is 2. The molecule has 1 saturated heterocycles. The number of nitrogens with zero attached hydrogens (tertiary/aromatic N) is 1. The second kappa shape index (κ2) is 7.13. The number of carbonyl (C=O) groups is 1. The Kier molecular flexibility index (Phi) is 4.79. The minimum atomic E-state index is -0.380. The summed E-state index contributed by atoms with van der Waals surface area (Å²) in [5, 5.41) is 3.71. The van der Waals surface area contributed by atoms with Crippen LogP contribution in [0.2, 0.25) is 0 Å². The van der Waals surface area contributed by atoms with E-state index in [2.05, 4.69) is 49.2 Å². The van der Waals surface area contributed by atoms with Crippen molar-refractivity contribution in [3.05, 3.63) is 58.7 Å². The van der Waals surface area contributed by atoms with Gasteiger partial charge in [0, 0.05) is 30.0 Å². The lowest BCUT2D eigenvalue weighted by atomic mass is 9.73. The van der Waals surface area contributed by atoms with E-state index in [1.807, 2.05) is 18.2 Å². The van der Waals surface area contributed by atoms with Gasteiger partial charge in [-0.15, -0.1) is 0 Å². The molecule has 3 N–H and O–H groups in total. The first-order valence-corrected chi connectivity index (χ1v) is 9.99. The van der Waals surface area contributed by atoms with Crippen molar-refractivity contribution in [2.24, 2.45) is 5.73 Å². The van der Waals surface area contributed by atoms with E-state index in [1.165, 1.54) is 16.8 Å². The van der Waals surface area contributed by atoms with E-state index in [0.29, 0.717) is 5.56 Å². The number of rotatable bonds is 3. The zero-order valence-corrected chi connectivity index (χ0v) is 16.9. The van der Waals surface area contributed by atoms with Gasteiger partial charge in [-0.3, -0.25) is 4.79 Å². The highest BCUT2D eigenvalue weighted by Gasteiger charge is 2.34. The number of aryl methyl sites for hydroxylation is 1. The molecule has 2 aromatic carbocycles. The van der Waals surface area contributed by atoms with Crippen molar-refractivity contribution in [2.45, 2.75) is 38.6 Å². The van der Waals surface area contributed by atoms with Gasteiger partial charge in [0.25, 0.3) is 0 Å². The normalized spacial score (nSPS) is 21.0. The molecule has 4 rings (SSSR count). The first-order valence-electron chi connectivity index (χ1n) is 9.99. The van der Waals surface area contributed by atoms with Gasteiger partial charge in [0.2, 0.25) is 5.91 Å². The first-order chi connectivity index (χ1) is 13.3. The minimum Gasteiger partial charge on any atom is -0.378 e. The quantitative estimate of drug-likeness (QED) is 0.852. The average molecular weight is 380 g/mol. The average Bonchev–Trinajstić information content (AvgIpc) is 2.68. The fourth-order valence-electron chi connectivity index (χ4n) is 4.45. The van der Waals surface area contributed by atoms with Gasteiger partial charge in [0.1, 0.15) is 0 Å². The molecule has 0 radical (unpaired) electrons. The highest BCUT2D eigenvalue weighted by atomic mass is 16.5. The highest BCUT2D eigenvalue weighted by Crippen LogP contribution is 2.45. The van der Waals surface area contributed by atoms with E-state index in [0.717, 1.165) is 44.0 Å². The molecular weight excluding hydrogens is 350 g/mol. The van der Waals surface area contributed by atoms with Crippen LogP contribution in [-0.4, -0.2) is 32.2 Å². The predicted molar refractivity (Wildman–Crippen MR) is 113 cm³/mol. The Bertz CT molecular complexity index is 901. The molecule has 28 heavy (non-hydrogen) atoms. The van der Waals surface area contributed by atoms with Crippen molar-refractivity contribution in [1.82, 2.24) is 0 Å². The maximum atomic E-state index is 11.6. The van der Waals surface area contributed by atoms with Crippen molar-refractivity contribution in [1.29, 1.82) is 0 Å². The standard InChI is InChI=1S/C23H29N3O2/c1-15-4-6-17(26-8-10-28-11-9-26)13-18(15)21-14-23(2,3)19-12-16(22(24)27)5-7-20(19)25-21/h4-7,12-13,21,25H,8-11,14H2,1-3H3,(H2,24,27). The van der Waals surface area contributed by atoms with Crippen LogP contribution in [0.15, 0.2) is 36.4 Å². The Balaban J connectivity index is 1.68. The number of ether oxygens (including phenoxy) is 1. The van der Waals surface area contributed by atoms with Crippen molar-refractivity contribution in [3.63, 3.8) is 0 Å². The summed E-state index contributed by atoms with van der Waals surface area (Å²) < 4.78 is 5.50. The Labute approximate surface area is 166 Å². The van der Waals surface area contributed by atoms with Crippen molar-refractivity contribution in [2.75, 3.05) is 36.5 Å². The zero-order valence-electron chi connectivity index (χ0n) is 16.9. The molecule has 2 aliphatic heterocycles. The number of nitrogens with one attached hydrogen (secondary N) is 1. The summed E-state index contributed by atoms with van der Waals surface area (Å²) in [7, 11) is 0. The number of amides is 1. The number of carbonyl (C=O) groups excluding carboxylic acids is 1. The molecule has 0 spiro atoms.